The highest BCUT2D eigenvalue weighted by Crippen LogP contribution is 2.34. The first-order chi connectivity index (χ1) is 9.70. The Kier molecular flexibility index (Phi) is 5.92. The van der Waals surface area contributed by atoms with Gasteiger partial charge in [-0.25, -0.2) is 5.84 Å². The summed E-state index contributed by atoms with van der Waals surface area (Å²) in [5.41, 5.74) is 3.36. The summed E-state index contributed by atoms with van der Waals surface area (Å²) in [6.07, 6.45) is 5.22. The van der Waals surface area contributed by atoms with Gasteiger partial charge in [0.05, 0.1) is 5.92 Å². The van der Waals surface area contributed by atoms with E-state index in [0.29, 0.717) is 5.25 Å². The van der Waals surface area contributed by atoms with E-state index >= 15 is 0 Å². The smallest absolute Gasteiger partial charge is 0.242 e. The second-order valence-corrected chi connectivity index (χ2v) is 7.03. The molecule has 0 aliphatic heterocycles. The van der Waals surface area contributed by atoms with E-state index in [2.05, 4.69) is 12.3 Å². The molecule has 0 aromatic heterocycles. The van der Waals surface area contributed by atoms with Gasteiger partial charge in [0.25, 0.3) is 0 Å². The molecule has 3 N–H and O–H groups in total. The molecule has 20 heavy (non-hydrogen) atoms. The van der Waals surface area contributed by atoms with Crippen molar-refractivity contribution in [2.45, 2.75) is 43.8 Å². The number of hydrogen-bond donors (Lipinski definition) is 2. The lowest BCUT2D eigenvalue weighted by Crippen LogP contribution is -2.36. The fourth-order valence-electron chi connectivity index (χ4n) is 2.87. The van der Waals surface area contributed by atoms with Crippen molar-refractivity contribution in [1.82, 2.24) is 5.43 Å². The third-order valence-electron chi connectivity index (χ3n) is 4.05. The van der Waals surface area contributed by atoms with E-state index in [1.165, 1.54) is 25.7 Å². The third kappa shape index (κ3) is 4.25. The molecule has 3 nitrogen and oxygen atoms in total. The number of thioether (sulfide) groups is 1. The number of carbonyl (C=O) groups excluding carboxylic acids is 1. The van der Waals surface area contributed by atoms with E-state index in [0.717, 1.165) is 17.2 Å². The number of benzene rings is 1. The van der Waals surface area contributed by atoms with Crippen LogP contribution in [0, 0.1) is 5.92 Å². The minimum Gasteiger partial charge on any atom is -0.294 e. The van der Waals surface area contributed by atoms with Crippen LogP contribution in [0.5, 0.6) is 0 Å². The van der Waals surface area contributed by atoms with Crippen LogP contribution in [-0.4, -0.2) is 16.9 Å². The zero-order chi connectivity index (χ0) is 14.4. The predicted molar refractivity (Wildman–Crippen MR) is 85.4 cm³/mol. The van der Waals surface area contributed by atoms with Crippen molar-refractivity contribution >= 4 is 17.7 Å². The lowest BCUT2D eigenvalue weighted by molar-refractivity contribution is -0.122. The molecule has 2 rings (SSSR count). The molecule has 110 valence electrons. The van der Waals surface area contributed by atoms with Crippen molar-refractivity contribution in [3.05, 3.63) is 35.9 Å². The molecule has 0 radical (unpaired) electrons. The van der Waals surface area contributed by atoms with Gasteiger partial charge < -0.3 is 0 Å². The van der Waals surface area contributed by atoms with Gasteiger partial charge in [-0.3, -0.25) is 10.2 Å². The average molecular weight is 292 g/mol. The quantitative estimate of drug-likeness (QED) is 0.498. The van der Waals surface area contributed by atoms with Crippen molar-refractivity contribution in [2.24, 2.45) is 11.8 Å². The van der Waals surface area contributed by atoms with Crippen molar-refractivity contribution in [3.63, 3.8) is 0 Å². The molecule has 1 aromatic rings. The SMILES string of the molecule is CC1CCCC(SCC(C(=O)NN)c2ccccc2)C1. The topological polar surface area (TPSA) is 55.1 Å². The Morgan fingerprint density at radius 3 is 2.80 bits per heavy atom. The minimum atomic E-state index is -0.150. The first kappa shape index (κ1) is 15.4. The Morgan fingerprint density at radius 1 is 1.40 bits per heavy atom. The molecular weight excluding hydrogens is 268 g/mol. The van der Waals surface area contributed by atoms with Crippen molar-refractivity contribution in [2.75, 3.05) is 5.75 Å². The molecule has 3 unspecified atom stereocenters. The summed E-state index contributed by atoms with van der Waals surface area (Å²) in [5.74, 6) is 6.72. The van der Waals surface area contributed by atoms with E-state index in [1.807, 2.05) is 42.1 Å². The fraction of sp³-hybridized carbons (Fsp3) is 0.562. The van der Waals surface area contributed by atoms with Gasteiger partial charge in [-0.15, -0.1) is 0 Å². The summed E-state index contributed by atoms with van der Waals surface area (Å²) >= 11 is 1.93. The summed E-state index contributed by atoms with van der Waals surface area (Å²) in [6.45, 7) is 2.33. The average Bonchev–Trinajstić information content (AvgIpc) is 2.48. The summed E-state index contributed by atoms with van der Waals surface area (Å²) in [7, 11) is 0. The molecular formula is C16H24N2OS. The van der Waals surface area contributed by atoms with Gasteiger partial charge in [-0.05, 0) is 24.3 Å². The molecule has 1 aliphatic carbocycles. The van der Waals surface area contributed by atoms with E-state index in [-0.39, 0.29) is 11.8 Å². The van der Waals surface area contributed by atoms with Crippen LogP contribution < -0.4 is 11.3 Å². The van der Waals surface area contributed by atoms with Gasteiger partial charge in [-0.2, -0.15) is 11.8 Å². The van der Waals surface area contributed by atoms with Crippen LogP contribution in [0.25, 0.3) is 0 Å². The minimum absolute atomic E-state index is 0.0902. The summed E-state index contributed by atoms with van der Waals surface area (Å²) in [5, 5.41) is 0.690. The van der Waals surface area contributed by atoms with E-state index in [4.69, 9.17) is 5.84 Å². The maximum Gasteiger partial charge on any atom is 0.242 e. The number of nitrogens with one attached hydrogen (secondary N) is 1. The van der Waals surface area contributed by atoms with Gasteiger partial charge in [-0.1, -0.05) is 50.1 Å². The number of hydrogen-bond acceptors (Lipinski definition) is 3. The highest BCUT2D eigenvalue weighted by Gasteiger charge is 2.24. The zero-order valence-electron chi connectivity index (χ0n) is 12.0. The molecule has 1 amide bonds. The van der Waals surface area contributed by atoms with Gasteiger partial charge >= 0.3 is 0 Å². The Labute approximate surface area is 125 Å². The number of hydrazine groups is 1. The first-order valence-corrected chi connectivity index (χ1v) is 8.42. The molecule has 0 heterocycles. The molecule has 0 spiro atoms. The molecule has 0 saturated heterocycles. The van der Waals surface area contributed by atoms with Crippen LogP contribution in [0.3, 0.4) is 0 Å². The number of carbonyl (C=O) groups is 1. The molecule has 1 saturated carbocycles. The number of amides is 1. The van der Waals surface area contributed by atoms with Crippen molar-refractivity contribution < 1.29 is 4.79 Å². The van der Waals surface area contributed by atoms with E-state index in [1.54, 1.807) is 0 Å². The predicted octanol–water partition coefficient (Wildman–Crippen LogP) is 3.07. The lowest BCUT2D eigenvalue weighted by Gasteiger charge is -2.27. The van der Waals surface area contributed by atoms with E-state index in [9.17, 15) is 4.79 Å². The summed E-state index contributed by atoms with van der Waals surface area (Å²) in [6, 6.07) is 9.92. The Balaban J connectivity index is 1.96. The fourth-order valence-corrected chi connectivity index (χ4v) is 4.48. The second-order valence-electron chi connectivity index (χ2n) is 5.70. The summed E-state index contributed by atoms with van der Waals surface area (Å²) < 4.78 is 0. The maximum absolute atomic E-state index is 12.0. The highest BCUT2D eigenvalue weighted by atomic mass is 32.2. The standard InChI is InChI=1S/C16H24N2OS/c1-12-6-5-9-14(10-12)20-11-15(16(19)18-17)13-7-3-2-4-8-13/h2-4,7-8,12,14-15H,5-6,9-11,17H2,1H3,(H,18,19). The van der Waals surface area contributed by atoms with Crippen LogP contribution in [0.4, 0.5) is 0 Å². The zero-order valence-corrected chi connectivity index (χ0v) is 12.9. The third-order valence-corrected chi connectivity index (χ3v) is 5.47. The highest BCUT2D eigenvalue weighted by molar-refractivity contribution is 7.99. The Morgan fingerprint density at radius 2 is 2.15 bits per heavy atom. The maximum atomic E-state index is 12.0. The monoisotopic (exact) mass is 292 g/mol. The van der Waals surface area contributed by atoms with Crippen LogP contribution in [0.2, 0.25) is 0 Å². The van der Waals surface area contributed by atoms with Crippen LogP contribution in [-0.2, 0) is 4.79 Å². The number of rotatable bonds is 5. The Hall–Kier alpha value is -1.00. The van der Waals surface area contributed by atoms with Crippen LogP contribution in [0.15, 0.2) is 30.3 Å². The van der Waals surface area contributed by atoms with Crippen molar-refractivity contribution in [3.8, 4) is 0 Å². The van der Waals surface area contributed by atoms with Gasteiger partial charge in [0.15, 0.2) is 0 Å². The molecule has 1 aliphatic rings. The molecule has 1 aromatic carbocycles. The first-order valence-electron chi connectivity index (χ1n) is 7.37. The van der Waals surface area contributed by atoms with Crippen molar-refractivity contribution in [1.29, 1.82) is 0 Å². The largest absolute Gasteiger partial charge is 0.294 e. The molecule has 0 bridgehead atoms. The molecule has 3 atom stereocenters. The van der Waals surface area contributed by atoms with Gasteiger partial charge in [0.2, 0.25) is 5.91 Å². The summed E-state index contributed by atoms with van der Waals surface area (Å²) in [4.78, 5) is 12.0. The van der Waals surface area contributed by atoms with Crippen LogP contribution in [0.1, 0.15) is 44.1 Å². The molecule has 4 heteroatoms. The Bertz CT molecular complexity index is 424. The number of nitrogens with two attached hydrogens (primary N) is 1. The van der Waals surface area contributed by atoms with Crippen LogP contribution >= 0.6 is 11.8 Å². The van der Waals surface area contributed by atoms with Gasteiger partial charge in [0.1, 0.15) is 0 Å². The normalized spacial score (nSPS) is 24.1. The lowest BCUT2D eigenvalue weighted by atomic mass is 9.91. The molecule has 1 fully saturated rings. The second kappa shape index (κ2) is 7.70. The van der Waals surface area contributed by atoms with E-state index < -0.39 is 0 Å². The van der Waals surface area contributed by atoms with Gasteiger partial charge in [0, 0.05) is 11.0 Å².